The maximum Gasteiger partial charge on any atom is 0.241 e. The molecular weight excluding hydrogens is 290 g/mol. The first-order valence-corrected chi connectivity index (χ1v) is 8.15. The minimum Gasteiger partial charge on any atom is -0.444 e. The highest BCUT2D eigenvalue weighted by Gasteiger charge is 2.21. The van der Waals surface area contributed by atoms with E-state index in [2.05, 4.69) is 9.71 Å². The summed E-state index contributed by atoms with van der Waals surface area (Å²) in [7, 11) is -3.68. The normalized spacial score (nSPS) is 13.3. The lowest BCUT2D eigenvalue weighted by Crippen LogP contribution is -2.27. The molecule has 0 saturated heterocycles. The van der Waals surface area contributed by atoms with Crippen molar-refractivity contribution in [2.75, 3.05) is 5.73 Å². The van der Waals surface area contributed by atoms with Gasteiger partial charge in [0.1, 0.15) is 5.76 Å². The van der Waals surface area contributed by atoms with Crippen LogP contribution in [0.25, 0.3) is 0 Å². The molecule has 1 unspecified atom stereocenters. The van der Waals surface area contributed by atoms with Crippen molar-refractivity contribution in [3.05, 3.63) is 41.6 Å². The number of hydrogen-bond donors (Lipinski definition) is 2. The van der Waals surface area contributed by atoms with Crippen molar-refractivity contribution in [1.82, 2.24) is 9.71 Å². The quantitative estimate of drug-likeness (QED) is 0.825. The molecule has 1 aromatic heterocycles. The van der Waals surface area contributed by atoms with Crippen molar-refractivity contribution in [3.8, 4) is 0 Å². The molecule has 0 bridgehead atoms. The van der Waals surface area contributed by atoms with Crippen LogP contribution in [-0.2, 0) is 16.4 Å². The van der Waals surface area contributed by atoms with E-state index in [0.717, 1.165) is 12.0 Å². The molecule has 1 heterocycles. The van der Waals surface area contributed by atoms with Gasteiger partial charge in [-0.25, -0.2) is 13.4 Å². The maximum absolute atomic E-state index is 12.3. The summed E-state index contributed by atoms with van der Waals surface area (Å²) in [5, 5.41) is 0. The molecule has 2 rings (SSSR count). The zero-order chi connectivity index (χ0) is 15.6. The van der Waals surface area contributed by atoms with Gasteiger partial charge in [-0.15, -0.1) is 0 Å². The van der Waals surface area contributed by atoms with E-state index in [0.29, 0.717) is 17.3 Å². The van der Waals surface area contributed by atoms with E-state index in [-0.39, 0.29) is 4.90 Å². The summed E-state index contributed by atoms with van der Waals surface area (Å²) in [5.74, 6) is 0.960. The second-order valence-electron chi connectivity index (χ2n) is 4.87. The highest BCUT2D eigenvalue weighted by molar-refractivity contribution is 7.89. The Bertz CT molecular complexity index is 738. The van der Waals surface area contributed by atoms with Crippen LogP contribution in [0.3, 0.4) is 0 Å². The molecule has 0 aliphatic rings. The van der Waals surface area contributed by atoms with Crippen LogP contribution in [0, 0.1) is 6.92 Å². The zero-order valence-corrected chi connectivity index (χ0v) is 13.1. The number of rotatable bonds is 5. The maximum atomic E-state index is 12.3. The summed E-state index contributed by atoms with van der Waals surface area (Å²) < 4.78 is 32.5. The van der Waals surface area contributed by atoms with Gasteiger partial charge in [0.25, 0.3) is 0 Å². The molecule has 3 N–H and O–H groups in total. The number of aryl methyl sites for hydroxylation is 2. The summed E-state index contributed by atoms with van der Waals surface area (Å²) in [6.07, 6.45) is 2.31. The third kappa shape index (κ3) is 3.43. The van der Waals surface area contributed by atoms with Crippen LogP contribution < -0.4 is 10.5 Å². The monoisotopic (exact) mass is 309 g/mol. The third-order valence-electron chi connectivity index (χ3n) is 3.15. The number of aromatic nitrogens is 1. The van der Waals surface area contributed by atoms with Crippen molar-refractivity contribution < 1.29 is 12.8 Å². The molecule has 7 heteroatoms. The van der Waals surface area contributed by atoms with Crippen LogP contribution >= 0.6 is 0 Å². The Morgan fingerprint density at radius 1 is 1.43 bits per heavy atom. The van der Waals surface area contributed by atoms with Gasteiger partial charge in [-0.2, -0.15) is 4.72 Å². The van der Waals surface area contributed by atoms with Gasteiger partial charge in [0, 0.05) is 5.69 Å². The molecule has 114 valence electrons. The fraction of sp³-hybridized carbons (Fsp3) is 0.357. The third-order valence-corrected chi connectivity index (χ3v) is 4.69. The predicted octanol–water partition coefficient (Wildman–Crippen LogP) is 2.17. The molecule has 0 spiro atoms. The Hall–Kier alpha value is -1.86. The molecule has 0 radical (unpaired) electrons. The van der Waals surface area contributed by atoms with Crippen LogP contribution in [0.4, 0.5) is 5.69 Å². The van der Waals surface area contributed by atoms with E-state index < -0.39 is 16.1 Å². The first-order chi connectivity index (χ1) is 9.83. The van der Waals surface area contributed by atoms with E-state index in [1.807, 2.05) is 6.92 Å². The van der Waals surface area contributed by atoms with Crippen molar-refractivity contribution in [3.63, 3.8) is 0 Å². The summed E-state index contributed by atoms with van der Waals surface area (Å²) in [6.45, 7) is 5.39. The Balaban J connectivity index is 2.24. The number of anilines is 1. The van der Waals surface area contributed by atoms with Gasteiger partial charge in [0.2, 0.25) is 15.9 Å². The fourth-order valence-electron chi connectivity index (χ4n) is 1.99. The van der Waals surface area contributed by atoms with Crippen LogP contribution in [0.5, 0.6) is 0 Å². The van der Waals surface area contributed by atoms with Crippen molar-refractivity contribution in [2.24, 2.45) is 0 Å². The Morgan fingerprint density at radius 3 is 2.67 bits per heavy atom. The lowest BCUT2D eigenvalue weighted by atomic mass is 10.1. The average Bonchev–Trinajstić information content (AvgIpc) is 2.85. The number of benzene rings is 1. The number of sulfonamides is 1. The Labute approximate surface area is 124 Å². The van der Waals surface area contributed by atoms with Crippen molar-refractivity contribution >= 4 is 15.7 Å². The van der Waals surface area contributed by atoms with Crippen LogP contribution in [0.1, 0.15) is 37.1 Å². The topological polar surface area (TPSA) is 98.2 Å². The standard InChI is InChI=1S/C14H19N3O3S/c1-4-11-5-6-12(7-13(11)15)21(18,19)17-10(3)14-16-8-9(2)20-14/h5-8,10,17H,4,15H2,1-3H3. The number of nitrogens with zero attached hydrogens (tertiary/aromatic N) is 1. The van der Waals surface area contributed by atoms with Gasteiger partial charge in [0.05, 0.1) is 17.1 Å². The predicted molar refractivity (Wildman–Crippen MR) is 80.2 cm³/mol. The van der Waals surface area contributed by atoms with Gasteiger partial charge in [-0.05, 0) is 38.0 Å². The summed E-state index contributed by atoms with van der Waals surface area (Å²) >= 11 is 0. The molecule has 1 aromatic carbocycles. The first kappa shape index (κ1) is 15.5. The van der Waals surface area contributed by atoms with Crippen LogP contribution in [-0.4, -0.2) is 13.4 Å². The lowest BCUT2D eigenvalue weighted by Gasteiger charge is -2.12. The second kappa shape index (κ2) is 5.87. The number of nitrogen functional groups attached to an aromatic ring is 1. The fourth-order valence-corrected chi connectivity index (χ4v) is 3.22. The molecule has 0 amide bonds. The van der Waals surface area contributed by atoms with E-state index in [9.17, 15) is 8.42 Å². The molecule has 0 saturated carbocycles. The highest BCUT2D eigenvalue weighted by Crippen LogP contribution is 2.21. The smallest absolute Gasteiger partial charge is 0.241 e. The molecule has 21 heavy (non-hydrogen) atoms. The molecule has 1 atom stereocenters. The molecule has 2 aromatic rings. The zero-order valence-electron chi connectivity index (χ0n) is 12.3. The van der Waals surface area contributed by atoms with Crippen LogP contribution in [0.2, 0.25) is 0 Å². The Morgan fingerprint density at radius 2 is 2.14 bits per heavy atom. The van der Waals surface area contributed by atoms with Gasteiger partial charge < -0.3 is 10.2 Å². The van der Waals surface area contributed by atoms with E-state index >= 15 is 0 Å². The van der Waals surface area contributed by atoms with Gasteiger partial charge in [-0.1, -0.05) is 13.0 Å². The summed E-state index contributed by atoms with van der Waals surface area (Å²) in [4.78, 5) is 4.15. The first-order valence-electron chi connectivity index (χ1n) is 6.66. The number of oxazole rings is 1. The second-order valence-corrected chi connectivity index (χ2v) is 6.58. The van der Waals surface area contributed by atoms with Gasteiger partial charge in [-0.3, -0.25) is 0 Å². The average molecular weight is 309 g/mol. The highest BCUT2D eigenvalue weighted by atomic mass is 32.2. The number of nitrogens with one attached hydrogen (secondary N) is 1. The summed E-state index contributed by atoms with van der Waals surface area (Å²) in [5.41, 5.74) is 7.24. The van der Waals surface area contributed by atoms with Gasteiger partial charge in [0.15, 0.2) is 0 Å². The van der Waals surface area contributed by atoms with Gasteiger partial charge >= 0.3 is 0 Å². The SMILES string of the molecule is CCc1ccc(S(=O)(=O)NC(C)c2ncc(C)o2)cc1N. The minimum absolute atomic E-state index is 0.132. The molecule has 0 fully saturated rings. The van der Waals surface area contributed by atoms with E-state index in [1.54, 1.807) is 32.2 Å². The number of nitrogens with two attached hydrogens (primary N) is 1. The summed E-state index contributed by atoms with van der Waals surface area (Å²) in [6, 6.07) is 4.18. The number of hydrogen-bond acceptors (Lipinski definition) is 5. The minimum atomic E-state index is -3.68. The largest absolute Gasteiger partial charge is 0.444 e. The van der Waals surface area contributed by atoms with Crippen molar-refractivity contribution in [1.29, 1.82) is 0 Å². The van der Waals surface area contributed by atoms with Crippen LogP contribution in [0.15, 0.2) is 33.7 Å². The van der Waals surface area contributed by atoms with Crippen molar-refractivity contribution in [2.45, 2.75) is 38.1 Å². The van der Waals surface area contributed by atoms with E-state index in [4.69, 9.17) is 10.2 Å². The molecule has 0 aliphatic heterocycles. The molecular formula is C14H19N3O3S. The Kier molecular flexibility index (Phi) is 4.34. The van der Waals surface area contributed by atoms with E-state index in [1.165, 1.54) is 6.07 Å². The molecule has 6 nitrogen and oxygen atoms in total. The molecule has 0 aliphatic carbocycles. The lowest BCUT2D eigenvalue weighted by molar-refractivity contribution is 0.428.